The van der Waals surface area contributed by atoms with Gasteiger partial charge in [-0.2, -0.15) is 0 Å². The second-order valence-electron chi connectivity index (χ2n) is 14.9. The smallest absolute Gasteiger partial charge is 0.131 e. The number of phenols is 2. The second-order valence-corrected chi connectivity index (χ2v) is 14.9. The summed E-state index contributed by atoms with van der Waals surface area (Å²) >= 11 is 0. The van der Waals surface area contributed by atoms with E-state index in [4.69, 9.17) is 9.47 Å². The molecule has 3 aromatic carbocycles. The van der Waals surface area contributed by atoms with E-state index < -0.39 is 0 Å². The molecule has 0 unspecified atom stereocenters. The highest BCUT2D eigenvalue weighted by atomic mass is 16.5. The molecule has 0 spiro atoms. The van der Waals surface area contributed by atoms with Crippen molar-refractivity contribution in [1.29, 1.82) is 0 Å². The summed E-state index contributed by atoms with van der Waals surface area (Å²) in [6, 6.07) is 14.6. The summed E-state index contributed by atoms with van der Waals surface area (Å²) in [6.45, 7) is 18.3. The van der Waals surface area contributed by atoms with Crippen LogP contribution in [0.3, 0.4) is 0 Å². The highest BCUT2D eigenvalue weighted by molar-refractivity contribution is 5.80. The van der Waals surface area contributed by atoms with Crippen molar-refractivity contribution in [2.24, 2.45) is 11.8 Å². The molecule has 2 atom stereocenters. The maximum atomic E-state index is 11.5. The SMILES string of the molecule is CCCCCc1cc(O)c(-c2cc(C)ccc2C(C)C)c(OCCOc2cc(CCCCC)cc(O)c2[C@@H]2C=C(C)CC[C@H]2C(C)C)c1. The van der Waals surface area contributed by atoms with Crippen molar-refractivity contribution in [1.82, 2.24) is 0 Å². The van der Waals surface area contributed by atoms with E-state index in [9.17, 15) is 10.2 Å². The molecule has 1 aliphatic rings. The molecule has 4 nitrogen and oxygen atoms in total. The van der Waals surface area contributed by atoms with Gasteiger partial charge in [-0.05, 0) is 117 Å². The van der Waals surface area contributed by atoms with Crippen molar-refractivity contribution >= 4 is 0 Å². The quantitative estimate of drug-likeness (QED) is 0.112. The molecule has 3 aromatic rings. The molecule has 0 radical (unpaired) electrons. The van der Waals surface area contributed by atoms with E-state index in [0.29, 0.717) is 42.5 Å². The summed E-state index contributed by atoms with van der Waals surface area (Å²) in [7, 11) is 0. The molecule has 262 valence electrons. The van der Waals surface area contributed by atoms with Crippen LogP contribution in [0.15, 0.2) is 54.1 Å². The second kappa shape index (κ2) is 17.8. The van der Waals surface area contributed by atoms with Crippen LogP contribution in [-0.4, -0.2) is 23.4 Å². The third kappa shape index (κ3) is 9.61. The Morgan fingerprint density at radius 3 is 1.96 bits per heavy atom. The molecule has 2 N–H and O–H groups in total. The Bertz CT molecular complexity index is 1510. The molecular formula is C44H62O4. The largest absolute Gasteiger partial charge is 0.507 e. The summed E-state index contributed by atoms with van der Waals surface area (Å²) in [5.41, 5.74) is 8.59. The number of ether oxygens (including phenoxy) is 2. The van der Waals surface area contributed by atoms with Gasteiger partial charge in [-0.3, -0.25) is 0 Å². The highest BCUT2D eigenvalue weighted by Crippen LogP contribution is 2.48. The number of hydrogen-bond donors (Lipinski definition) is 2. The van der Waals surface area contributed by atoms with E-state index >= 15 is 0 Å². The standard InChI is InChI=1S/C44H62O4/c1-9-11-13-15-33-25-39(45)43(37-23-31(7)17-19-35(37)29(3)4)41(27-33)47-21-22-48-42-28-34(16-14-12-10-2)26-40(46)44(42)38-24-32(8)18-20-36(38)30(5)6/h17,19,23-30,36,38,45-46H,9-16,18,20-22H2,1-8H3/t36-,38+/m0/s1. The van der Waals surface area contributed by atoms with Crippen molar-refractivity contribution in [3.63, 3.8) is 0 Å². The van der Waals surface area contributed by atoms with Crippen LogP contribution in [0.2, 0.25) is 0 Å². The third-order valence-electron chi connectivity index (χ3n) is 10.1. The molecular weight excluding hydrogens is 592 g/mol. The first-order chi connectivity index (χ1) is 23.0. The third-order valence-corrected chi connectivity index (χ3v) is 10.1. The molecule has 0 heterocycles. The number of unbranched alkanes of at least 4 members (excludes halogenated alkanes) is 4. The Balaban J connectivity index is 1.66. The topological polar surface area (TPSA) is 58.9 Å². The summed E-state index contributed by atoms with van der Waals surface area (Å²) in [5, 5.41) is 23.0. The van der Waals surface area contributed by atoms with Gasteiger partial charge in [-0.25, -0.2) is 0 Å². The minimum Gasteiger partial charge on any atom is -0.507 e. The van der Waals surface area contributed by atoms with Crippen molar-refractivity contribution in [3.8, 4) is 34.1 Å². The van der Waals surface area contributed by atoms with Crippen LogP contribution in [0.25, 0.3) is 11.1 Å². The first kappa shape index (κ1) is 37.4. The maximum Gasteiger partial charge on any atom is 0.131 e. The Morgan fingerprint density at radius 2 is 1.35 bits per heavy atom. The van der Waals surface area contributed by atoms with Crippen molar-refractivity contribution in [2.75, 3.05) is 13.2 Å². The van der Waals surface area contributed by atoms with Crippen LogP contribution in [-0.2, 0) is 12.8 Å². The Kier molecular flexibility index (Phi) is 13.9. The molecule has 48 heavy (non-hydrogen) atoms. The van der Waals surface area contributed by atoms with Crippen LogP contribution < -0.4 is 9.47 Å². The van der Waals surface area contributed by atoms with Gasteiger partial charge in [-0.15, -0.1) is 0 Å². The van der Waals surface area contributed by atoms with Gasteiger partial charge < -0.3 is 19.7 Å². The van der Waals surface area contributed by atoms with Gasteiger partial charge in [0, 0.05) is 11.5 Å². The normalized spacial score (nSPS) is 16.4. The number of benzene rings is 3. The van der Waals surface area contributed by atoms with E-state index in [-0.39, 0.29) is 11.7 Å². The van der Waals surface area contributed by atoms with Gasteiger partial charge in [0.25, 0.3) is 0 Å². The summed E-state index contributed by atoms with van der Waals surface area (Å²) in [4.78, 5) is 0. The van der Waals surface area contributed by atoms with Gasteiger partial charge >= 0.3 is 0 Å². The fraction of sp³-hybridized carbons (Fsp3) is 0.545. The highest BCUT2D eigenvalue weighted by Gasteiger charge is 2.32. The number of allylic oxidation sites excluding steroid dienone is 2. The number of rotatable bonds is 17. The predicted molar refractivity (Wildman–Crippen MR) is 202 cm³/mol. The Hall–Kier alpha value is -3.40. The average Bonchev–Trinajstić information content (AvgIpc) is 3.02. The monoisotopic (exact) mass is 654 g/mol. The van der Waals surface area contributed by atoms with E-state index in [1.165, 1.54) is 17.6 Å². The number of aryl methyl sites for hydroxylation is 3. The first-order valence-corrected chi connectivity index (χ1v) is 18.8. The molecule has 4 heteroatoms. The van der Waals surface area contributed by atoms with E-state index in [1.807, 2.05) is 12.1 Å². The van der Waals surface area contributed by atoms with Crippen molar-refractivity contribution in [2.45, 2.75) is 131 Å². The van der Waals surface area contributed by atoms with Crippen molar-refractivity contribution in [3.05, 3.63) is 81.9 Å². The Morgan fingerprint density at radius 1 is 0.750 bits per heavy atom. The fourth-order valence-corrected chi connectivity index (χ4v) is 7.44. The molecule has 0 fully saturated rings. The summed E-state index contributed by atoms with van der Waals surface area (Å²) in [6.07, 6.45) is 13.2. The molecule has 0 bridgehead atoms. The van der Waals surface area contributed by atoms with Gasteiger partial charge in [0.05, 0.1) is 5.56 Å². The molecule has 0 saturated heterocycles. The first-order valence-electron chi connectivity index (χ1n) is 18.8. The molecule has 0 saturated carbocycles. The van der Waals surface area contributed by atoms with Gasteiger partial charge in [-0.1, -0.05) is 103 Å². The number of hydrogen-bond acceptors (Lipinski definition) is 4. The minimum absolute atomic E-state index is 0.110. The van der Waals surface area contributed by atoms with Crippen LogP contribution in [0, 0.1) is 18.8 Å². The lowest BCUT2D eigenvalue weighted by Gasteiger charge is -2.34. The Labute approximate surface area is 291 Å². The molecule has 0 aliphatic heterocycles. The molecule has 4 rings (SSSR count). The minimum atomic E-state index is 0.110. The van der Waals surface area contributed by atoms with Crippen LogP contribution >= 0.6 is 0 Å². The molecule has 0 aromatic heterocycles. The van der Waals surface area contributed by atoms with Crippen LogP contribution in [0.1, 0.15) is 139 Å². The van der Waals surface area contributed by atoms with E-state index in [2.05, 4.69) is 91.8 Å². The zero-order chi connectivity index (χ0) is 34.8. The van der Waals surface area contributed by atoms with Gasteiger partial charge in [0.1, 0.15) is 36.2 Å². The lowest BCUT2D eigenvalue weighted by molar-refractivity contribution is 0.212. The number of aromatic hydroxyl groups is 2. The zero-order valence-corrected chi connectivity index (χ0v) is 31.1. The average molecular weight is 655 g/mol. The molecule has 1 aliphatic carbocycles. The molecule has 0 amide bonds. The fourth-order valence-electron chi connectivity index (χ4n) is 7.44. The van der Waals surface area contributed by atoms with Gasteiger partial charge in [0.15, 0.2) is 0 Å². The zero-order valence-electron chi connectivity index (χ0n) is 31.1. The van der Waals surface area contributed by atoms with E-state index in [0.717, 1.165) is 96.9 Å². The maximum absolute atomic E-state index is 11.5. The summed E-state index contributed by atoms with van der Waals surface area (Å²) < 4.78 is 13.2. The number of phenolic OH excluding ortho intramolecular Hbond substituents is 2. The predicted octanol–water partition coefficient (Wildman–Crippen LogP) is 12.2. The van der Waals surface area contributed by atoms with Gasteiger partial charge in [0.2, 0.25) is 0 Å². The van der Waals surface area contributed by atoms with Crippen molar-refractivity contribution < 1.29 is 19.7 Å². The van der Waals surface area contributed by atoms with Crippen LogP contribution in [0.5, 0.6) is 23.0 Å². The lowest BCUT2D eigenvalue weighted by Crippen LogP contribution is -2.22. The van der Waals surface area contributed by atoms with E-state index in [1.54, 1.807) is 0 Å². The van der Waals surface area contributed by atoms with Crippen LogP contribution in [0.4, 0.5) is 0 Å². The summed E-state index contributed by atoms with van der Waals surface area (Å²) in [5.74, 6) is 3.40. The lowest BCUT2D eigenvalue weighted by atomic mass is 9.71.